The van der Waals surface area contributed by atoms with E-state index in [0.29, 0.717) is 29.6 Å². The molecule has 0 spiro atoms. The number of halogens is 1. The van der Waals surface area contributed by atoms with E-state index in [9.17, 15) is 9.50 Å². The first kappa shape index (κ1) is 25.4. The van der Waals surface area contributed by atoms with Crippen LogP contribution in [0, 0.1) is 5.82 Å². The summed E-state index contributed by atoms with van der Waals surface area (Å²) in [6.07, 6.45) is 5.68. The third-order valence-electron chi connectivity index (χ3n) is 5.91. The Morgan fingerprint density at radius 3 is 2.79 bits per heavy atom. The van der Waals surface area contributed by atoms with Gasteiger partial charge in [-0.25, -0.2) is 4.39 Å². The maximum absolute atomic E-state index is 14.8. The lowest BCUT2D eigenvalue weighted by Gasteiger charge is -2.15. The van der Waals surface area contributed by atoms with Crippen molar-refractivity contribution in [2.75, 3.05) is 19.8 Å². The summed E-state index contributed by atoms with van der Waals surface area (Å²) < 4.78 is 31.8. The van der Waals surface area contributed by atoms with Gasteiger partial charge in [0.1, 0.15) is 24.1 Å². The van der Waals surface area contributed by atoms with E-state index in [1.165, 1.54) is 6.07 Å². The minimum absolute atomic E-state index is 0.140. The van der Waals surface area contributed by atoms with Gasteiger partial charge in [0.15, 0.2) is 6.10 Å². The summed E-state index contributed by atoms with van der Waals surface area (Å²) in [4.78, 5) is 7.45. The molecular weight excluding hydrogens is 427 g/mol. The number of nitrogens with zero attached hydrogens (tertiary/aromatic N) is 1. The maximum atomic E-state index is 14.8. The van der Waals surface area contributed by atoms with Crippen molar-refractivity contribution in [3.8, 4) is 6.01 Å². The van der Waals surface area contributed by atoms with Crippen molar-refractivity contribution in [1.82, 2.24) is 9.97 Å². The molecule has 4 rings (SSSR count). The fourth-order valence-corrected chi connectivity index (χ4v) is 4.10. The predicted molar refractivity (Wildman–Crippen MR) is 125 cm³/mol. The van der Waals surface area contributed by atoms with Crippen molar-refractivity contribution < 1.29 is 28.8 Å². The Hall–Kier alpha value is -2.26. The Labute approximate surface area is 194 Å². The molecule has 0 aliphatic carbocycles. The van der Waals surface area contributed by atoms with Crippen molar-refractivity contribution in [3.63, 3.8) is 0 Å². The molecular formula is C25H35FN2O5. The molecule has 0 bridgehead atoms. The molecule has 33 heavy (non-hydrogen) atoms. The smallest absolute Gasteiger partial charge is 0.295 e. The number of fused-ring (bicyclic) bond motifs is 2. The standard InChI is InChI=1S/C23H29FN2O5.C2H6/c1-3-14(5-4-8-27)7-6-13(2)15-9-17-18(10-16(15)24)26-23(25-17)31-20-12-30-21-19(28)11-29-22(20)21;1-2/h3,6-7,9-10,13,19-22,27-28H,4-5,8,11-12H2,1-2H3,(H,25,26);1-2H3/b7-6-,14-3-;/t13?,19?,20-,21-,22?;/m1./s1. The molecule has 2 fully saturated rings. The number of aromatic nitrogens is 2. The number of allylic oxidation sites excluding steroid dienone is 4. The van der Waals surface area contributed by atoms with Gasteiger partial charge in [-0.1, -0.05) is 44.6 Å². The van der Waals surface area contributed by atoms with Gasteiger partial charge in [0.05, 0.1) is 24.2 Å². The lowest BCUT2D eigenvalue weighted by molar-refractivity contribution is 0.00706. The number of nitrogens with one attached hydrogen (secondary N) is 1. The molecule has 8 heteroatoms. The van der Waals surface area contributed by atoms with Crippen molar-refractivity contribution in [2.45, 2.75) is 70.9 Å². The van der Waals surface area contributed by atoms with E-state index < -0.39 is 6.10 Å². The van der Waals surface area contributed by atoms with Crippen LogP contribution in [0.25, 0.3) is 11.0 Å². The fraction of sp³-hybridized carbons (Fsp3) is 0.560. The molecule has 7 nitrogen and oxygen atoms in total. The number of hydrogen-bond donors (Lipinski definition) is 3. The highest BCUT2D eigenvalue weighted by atomic mass is 19.1. The zero-order valence-electron chi connectivity index (χ0n) is 19.8. The van der Waals surface area contributed by atoms with Crippen LogP contribution in [0.2, 0.25) is 0 Å². The zero-order valence-corrected chi connectivity index (χ0v) is 19.8. The number of benzene rings is 1. The second-order valence-electron chi connectivity index (χ2n) is 8.09. The van der Waals surface area contributed by atoms with E-state index in [4.69, 9.17) is 19.3 Å². The number of rotatable bonds is 8. The normalized spacial score (nSPS) is 25.8. The quantitative estimate of drug-likeness (QED) is 0.513. The van der Waals surface area contributed by atoms with Gasteiger partial charge in [-0.05, 0) is 31.4 Å². The number of hydrogen-bond acceptors (Lipinski definition) is 6. The Morgan fingerprint density at radius 2 is 2.06 bits per heavy atom. The number of ether oxygens (including phenoxy) is 3. The van der Waals surface area contributed by atoms with Crippen LogP contribution in [0.4, 0.5) is 4.39 Å². The largest absolute Gasteiger partial charge is 0.456 e. The van der Waals surface area contributed by atoms with E-state index in [1.54, 1.807) is 6.07 Å². The molecule has 1 aromatic carbocycles. The number of aliphatic hydroxyl groups excluding tert-OH is 2. The molecule has 3 N–H and O–H groups in total. The second kappa shape index (κ2) is 11.7. The average Bonchev–Trinajstić information content (AvgIpc) is 3.51. The van der Waals surface area contributed by atoms with Gasteiger partial charge in [-0.15, -0.1) is 0 Å². The highest BCUT2D eigenvalue weighted by molar-refractivity contribution is 5.77. The van der Waals surface area contributed by atoms with Crippen LogP contribution >= 0.6 is 0 Å². The van der Waals surface area contributed by atoms with Crippen molar-refractivity contribution in [3.05, 3.63) is 47.3 Å². The minimum Gasteiger partial charge on any atom is -0.456 e. The van der Waals surface area contributed by atoms with Gasteiger partial charge >= 0.3 is 0 Å². The Morgan fingerprint density at radius 1 is 1.30 bits per heavy atom. The molecule has 1 aromatic heterocycles. The molecule has 5 atom stereocenters. The Kier molecular flexibility index (Phi) is 9.02. The van der Waals surface area contributed by atoms with Crippen LogP contribution in [0.15, 0.2) is 35.9 Å². The highest BCUT2D eigenvalue weighted by Gasteiger charge is 2.48. The monoisotopic (exact) mass is 462 g/mol. The first-order chi connectivity index (χ1) is 16.0. The summed E-state index contributed by atoms with van der Waals surface area (Å²) in [6.45, 7) is 8.57. The van der Waals surface area contributed by atoms with Crippen LogP contribution in [0.5, 0.6) is 6.01 Å². The van der Waals surface area contributed by atoms with Crippen molar-refractivity contribution in [2.24, 2.45) is 0 Å². The van der Waals surface area contributed by atoms with E-state index >= 15 is 0 Å². The molecule has 0 amide bonds. The summed E-state index contributed by atoms with van der Waals surface area (Å²) in [5.41, 5.74) is 2.83. The minimum atomic E-state index is -0.646. The number of H-pyrrole nitrogens is 1. The molecule has 3 unspecified atom stereocenters. The molecule has 2 saturated heterocycles. The van der Waals surface area contributed by atoms with Gasteiger partial charge in [0, 0.05) is 18.6 Å². The molecule has 3 heterocycles. The summed E-state index contributed by atoms with van der Waals surface area (Å²) in [5.74, 6) is -0.467. The van der Waals surface area contributed by atoms with Crippen molar-refractivity contribution >= 4 is 11.0 Å². The lowest BCUT2D eigenvalue weighted by atomic mass is 9.98. The van der Waals surface area contributed by atoms with Gasteiger partial charge in [-0.3, -0.25) is 0 Å². The van der Waals surface area contributed by atoms with Crippen molar-refractivity contribution in [1.29, 1.82) is 0 Å². The summed E-state index contributed by atoms with van der Waals surface area (Å²) in [7, 11) is 0. The molecule has 0 radical (unpaired) electrons. The van der Waals surface area contributed by atoms with Gasteiger partial charge in [0.25, 0.3) is 6.01 Å². The van der Waals surface area contributed by atoms with E-state index in [2.05, 4.69) is 9.97 Å². The third kappa shape index (κ3) is 5.81. The first-order valence-electron chi connectivity index (χ1n) is 11.7. The number of aromatic amines is 1. The highest BCUT2D eigenvalue weighted by Crippen LogP contribution is 2.31. The second-order valence-corrected chi connectivity index (χ2v) is 8.09. The Balaban J connectivity index is 0.00000149. The van der Waals surface area contributed by atoms with E-state index in [1.807, 2.05) is 45.9 Å². The van der Waals surface area contributed by atoms with Crippen LogP contribution in [0.3, 0.4) is 0 Å². The van der Waals surface area contributed by atoms with Crippen LogP contribution in [0.1, 0.15) is 52.0 Å². The van der Waals surface area contributed by atoms with E-state index in [-0.39, 0.29) is 49.3 Å². The fourth-order valence-electron chi connectivity index (χ4n) is 4.10. The summed E-state index contributed by atoms with van der Waals surface area (Å²) in [6, 6.07) is 3.44. The summed E-state index contributed by atoms with van der Waals surface area (Å²) in [5, 5.41) is 18.9. The van der Waals surface area contributed by atoms with Gasteiger partial charge in [-0.2, -0.15) is 4.98 Å². The zero-order chi connectivity index (χ0) is 24.0. The summed E-state index contributed by atoms with van der Waals surface area (Å²) >= 11 is 0. The van der Waals surface area contributed by atoms with E-state index in [0.717, 1.165) is 12.0 Å². The predicted octanol–water partition coefficient (Wildman–Crippen LogP) is 4.01. The molecule has 2 aliphatic rings. The Bertz CT molecular complexity index is 973. The number of imidazole rings is 1. The topological polar surface area (TPSA) is 96.8 Å². The molecule has 2 aliphatic heterocycles. The number of aliphatic hydroxyl groups is 2. The van der Waals surface area contributed by atoms with Crippen LogP contribution in [-0.2, 0) is 9.47 Å². The first-order valence-corrected chi connectivity index (χ1v) is 11.7. The third-order valence-corrected chi connectivity index (χ3v) is 5.91. The van der Waals surface area contributed by atoms with Crippen LogP contribution < -0.4 is 4.74 Å². The molecule has 2 aromatic rings. The molecule has 0 saturated carbocycles. The lowest BCUT2D eigenvalue weighted by Crippen LogP contribution is -2.34. The van der Waals surface area contributed by atoms with Gasteiger partial charge < -0.3 is 29.4 Å². The molecule has 182 valence electrons. The maximum Gasteiger partial charge on any atom is 0.295 e. The van der Waals surface area contributed by atoms with Gasteiger partial charge in [0.2, 0.25) is 0 Å². The average molecular weight is 463 g/mol. The van der Waals surface area contributed by atoms with Crippen LogP contribution in [-0.4, -0.2) is 64.4 Å². The SMILES string of the molecule is C/C=C(\C=C/C(C)c1cc2[nH]c(O[C@@H]3CO[C@@H]4C(O)COC43)nc2cc1F)CCCO.CC.